The highest BCUT2D eigenvalue weighted by molar-refractivity contribution is 5.33. The highest BCUT2D eigenvalue weighted by Gasteiger charge is 2.04. The molecule has 0 spiro atoms. The SMILES string of the molecule is CCCCCCCCc1ccccc1OCCC(C)CC. The molecule has 1 heteroatoms. The molecule has 21 heavy (non-hydrogen) atoms. The molecule has 0 heterocycles. The van der Waals surface area contributed by atoms with Gasteiger partial charge in [-0.15, -0.1) is 0 Å². The van der Waals surface area contributed by atoms with E-state index in [1.54, 1.807) is 0 Å². The van der Waals surface area contributed by atoms with Crippen molar-refractivity contribution in [3.63, 3.8) is 0 Å². The molecule has 1 aromatic rings. The second-order valence-electron chi connectivity index (χ2n) is 6.28. The fourth-order valence-corrected chi connectivity index (χ4v) is 2.52. The third-order valence-electron chi connectivity index (χ3n) is 4.34. The van der Waals surface area contributed by atoms with Gasteiger partial charge >= 0.3 is 0 Å². The van der Waals surface area contributed by atoms with Crippen molar-refractivity contribution in [2.45, 2.75) is 78.6 Å². The number of para-hydroxylation sites is 1. The van der Waals surface area contributed by atoms with E-state index in [-0.39, 0.29) is 0 Å². The van der Waals surface area contributed by atoms with Gasteiger partial charge in [0, 0.05) is 0 Å². The summed E-state index contributed by atoms with van der Waals surface area (Å²) in [6.45, 7) is 7.66. The summed E-state index contributed by atoms with van der Waals surface area (Å²) < 4.78 is 6.01. The van der Waals surface area contributed by atoms with Crippen molar-refractivity contribution in [3.8, 4) is 5.75 Å². The average Bonchev–Trinajstić information content (AvgIpc) is 2.51. The summed E-state index contributed by atoms with van der Waals surface area (Å²) in [6, 6.07) is 8.57. The van der Waals surface area contributed by atoms with Crippen LogP contribution in [0.25, 0.3) is 0 Å². The molecular weight excluding hydrogens is 256 g/mol. The Hall–Kier alpha value is -0.980. The van der Waals surface area contributed by atoms with E-state index < -0.39 is 0 Å². The zero-order valence-electron chi connectivity index (χ0n) is 14.4. The number of ether oxygens (including phenoxy) is 1. The maximum atomic E-state index is 6.01. The molecule has 1 unspecified atom stereocenters. The molecule has 0 fully saturated rings. The predicted octanol–water partition coefficient (Wildman–Crippen LogP) is 6.40. The summed E-state index contributed by atoms with van der Waals surface area (Å²) in [4.78, 5) is 0. The van der Waals surface area contributed by atoms with Crippen molar-refractivity contribution in [2.24, 2.45) is 5.92 Å². The van der Waals surface area contributed by atoms with Gasteiger partial charge in [-0.25, -0.2) is 0 Å². The fourth-order valence-electron chi connectivity index (χ4n) is 2.52. The Kier molecular flexibility index (Phi) is 10.0. The highest BCUT2D eigenvalue weighted by atomic mass is 16.5. The molecule has 0 aliphatic rings. The average molecular weight is 290 g/mol. The van der Waals surface area contributed by atoms with Crippen LogP contribution in [0.15, 0.2) is 24.3 Å². The van der Waals surface area contributed by atoms with Gasteiger partial charge in [0.05, 0.1) is 6.61 Å². The van der Waals surface area contributed by atoms with Crippen LogP contribution in [-0.4, -0.2) is 6.61 Å². The zero-order chi connectivity index (χ0) is 15.3. The lowest BCUT2D eigenvalue weighted by Crippen LogP contribution is -2.04. The van der Waals surface area contributed by atoms with Crippen molar-refractivity contribution in [3.05, 3.63) is 29.8 Å². The number of aryl methyl sites for hydroxylation is 1. The molecule has 0 aliphatic heterocycles. The summed E-state index contributed by atoms with van der Waals surface area (Å²) in [7, 11) is 0. The minimum Gasteiger partial charge on any atom is -0.493 e. The van der Waals surface area contributed by atoms with Crippen LogP contribution in [0.2, 0.25) is 0 Å². The summed E-state index contributed by atoms with van der Waals surface area (Å²) in [5.41, 5.74) is 1.39. The minimum atomic E-state index is 0.760. The summed E-state index contributed by atoms with van der Waals surface area (Å²) in [5, 5.41) is 0. The van der Waals surface area contributed by atoms with Gasteiger partial charge in [-0.3, -0.25) is 0 Å². The molecule has 0 saturated carbocycles. The third kappa shape index (κ3) is 8.14. The van der Waals surface area contributed by atoms with Crippen molar-refractivity contribution < 1.29 is 4.74 Å². The largest absolute Gasteiger partial charge is 0.493 e. The first kappa shape index (κ1) is 18.1. The monoisotopic (exact) mass is 290 g/mol. The van der Waals surface area contributed by atoms with Crippen LogP contribution < -0.4 is 4.74 Å². The molecule has 1 atom stereocenters. The van der Waals surface area contributed by atoms with Gasteiger partial charge < -0.3 is 4.74 Å². The molecule has 1 aromatic carbocycles. The van der Waals surface area contributed by atoms with Crippen LogP contribution in [0.5, 0.6) is 5.75 Å². The van der Waals surface area contributed by atoms with E-state index in [1.807, 2.05) is 0 Å². The molecule has 0 bridgehead atoms. The predicted molar refractivity (Wildman–Crippen MR) is 93.1 cm³/mol. The van der Waals surface area contributed by atoms with Crippen LogP contribution in [0.4, 0.5) is 0 Å². The van der Waals surface area contributed by atoms with Gasteiger partial charge in [-0.1, -0.05) is 77.5 Å². The third-order valence-corrected chi connectivity index (χ3v) is 4.34. The van der Waals surface area contributed by atoms with Crippen molar-refractivity contribution >= 4 is 0 Å². The van der Waals surface area contributed by atoms with Gasteiger partial charge in [-0.2, -0.15) is 0 Å². The maximum absolute atomic E-state index is 6.01. The van der Waals surface area contributed by atoms with E-state index >= 15 is 0 Å². The first-order valence-electron chi connectivity index (χ1n) is 8.98. The van der Waals surface area contributed by atoms with Crippen LogP contribution in [0.3, 0.4) is 0 Å². The number of hydrogen-bond acceptors (Lipinski definition) is 1. The Morgan fingerprint density at radius 3 is 2.43 bits per heavy atom. The normalized spacial score (nSPS) is 12.3. The second kappa shape index (κ2) is 11.7. The first-order valence-corrected chi connectivity index (χ1v) is 8.98. The van der Waals surface area contributed by atoms with Crippen molar-refractivity contribution in [2.75, 3.05) is 6.61 Å². The number of unbranched alkanes of at least 4 members (excludes halogenated alkanes) is 5. The van der Waals surface area contributed by atoms with Gasteiger partial charge in [0.25, 0.3) is 0 Å². The van der Waals surface area contributed by atoms with Crippen LogP contribution in [0, 0.1) is 5.92 Å². The molecule has 0 saturated heterocycles. The fraction of sp³-hybridized carbons (Fsp3) is 0.700. The molecule has 120 valence electrons. The van der Waals surface area contributed by atoms with E-state index in [4.69, 9.17) is 4.74 Å². The molecule has 0 radical (unpaired) electrons. The highest BCUT2D eigenvalue weighted by Crippen LogP contribution is 2.21. The Balaban J connectivity index is 2.30. The molecule has 0 aromatic heterocycles. The van der Waals surface area contributed by atoms with Crippen LogP contribution in [-0.2, 0) is 6.42 Å². The molecular formula is C20H34O. The van der Waals surface area contributed by atoms with Gasteiger partial charge in [-0.05, 0) is 36.8 Å². The first-order chi connectivity index (χ1) is 10.3. The topological polar surface area (TPSA) is 9.23 Å². The van der Waals surface area contributed by atoms with Crippen molar-refractivity contribution in [1.82, 2.24) is 0 Å². The van der Waals surface area contributed by atoms with Crippen LogP contribution >= 0.6 is 0 Å². The zero-order valence-corrected chi connectivity index (χ0v) is 14.4. The van der Waals surface area contributed by atoms with E-state index in [9.17, 15) is 0 Å². The summed E-state index contributed by atoms with van der Waals surface area (Å²) >= 11 is 0. The quantitative estimate of drug-likeness (QED) is 0.404. The summed E-state index contributed by atoms with van der Waals surface area (Å²) in [6.07, 6.45) is 11.7. The van der Waals surface area contributed by atoms with E-state index in [2.05, 4.69) is 45.0 Å². The number of benzene rings is 1. The molecule has 1 nitrogen and oxygen atoms in total. The molecule has 1 rings (SSSR count). The standard InChI is InChI=1S/C20H34O/c1-4-6-7-8-9-10-13-19-14-11-12-15-20(19)21-17-16-18(3)5-2/h11-12,14-15,18H,4-10,13,16-17H2,1-3H3. The Morgan fingerprint density at radius 1 is 0.952 bits per heavy atom. The van der Waals surface area contributed by atoms with E-state index in [0.29, 0.717) is 0 Å². The Bertz CT molecular complexity index is 359. The summed E-state index contributed by atoms with van der Waals surface area (Å²) in [5.74, 6) is 1.87. The van der Waals surface area contributed by atoms with Crippen molar-refractivity contribution in [1.29, 1.82) is 0 Å². The van der Waals surface area contributed by atoms with E-state index in [1.165, 1.54) is 50.5 Å². The smallest absolute Gasteiger partial charge is 0.122 e. The lowest BCUT2D eigenvalue weighted by molar-refractivity contribution is 0.279. The Morgan fingerprint density at radius 2 is 1.67 bits per heavy atom. The molecule has 0 amide bonds. The molecule has 0 N–H and O–H groups in total. The maximum Gasteiger partial charge on any atom is 0.122 e. The van der Waals surface area contributed by atoms with Gasteiger partial charge in [0.1, 0.15) is 5.75 Å². The van der Waals surface area contributed by atoms with Crippen LogP contribution in [0.1, 0.15) is 77.7 Å². The Labute approximate surface area is 132 Å². The lowest BCUT2D eigenvalue weighted by atomic mass is 10.0. The van der Waals surface area contributed by atoms with Gasteiger partial charge in [0.2, 0.25) is 0 Å². The minimum absolute atomic E-state index is 0.760. The number of rotatable bonds is 12. The lowest BCUT2D eigenvalue weighted by Gasteiger charge is -2.13. The van der Waals surface area contributed by atoms with E-state index in [0.717, 1.165) is 31.1 Å². The second-order valence-corrected chi connectivity index (χ2v) is 6.28. The molecule has 0 aliphatic carbocycles. The van der Waals surface area contributed by atoms with Gasteiger partial charge in [0.15, 0.2) is 0 Å². The number of hydrogen-bond donors (Lipinski definition) is 0.